The molecule has 2 bridgehead atoms. The number of benzene rings is 2. The number of fused-ring (bicyclic) bond motifs is 2. The van der Waals surface area contributed by atoms with Gasteiger partial charge in [0.05, 0.1) is 46.2 Å². The van der Waals surface area contributed by atoms with Gasteiger partial charge in [-0.1, -0.05) is 57.2 Å². The first-order valence-electron chi connectivity index (χ1n) is 27.9. The fourth-order valence-electron chi connectivity index (χ4n) is 12.9. The van der Waals surface area contributed by atoms with E-state index < -0.39 is 18.1 Å². The first kappa shape index (κ1) is 53.2. The molecule has 18 nitrogen and oxygen atoms in total. The molecule has 78 heavy (non-hydrogen) atoms. The highest BCUT2D eigenvalue weighted by molar-refractivity contribution is 7.13. The number of pyridine rings is 1. The van der Waals surface area contributed by atoms with Crippen LogP contribution in [-0.2, 0) is 9.59 Å². The van der Waals surface area contributed by atoms with Crippen molar-refractivity contribution in [3.63, 3.8) is 0 Å². The lowest BCUT2D eigenvalue weighted by atomic mass is 9.80. The second-order valence-electron chi connectivity index (χ2n) is 22.9. The van der Waals surface area contributed by atoms with Crippen LogP contribution in [0.3, 0.4) is 0 Å². The van der Waals surface area contributed by atoms with Crippen LogP contribution < -0.4 is 30.3 Å². The standard InChI is InChI=1S/C59H73N11O7S/c1-34(2)55(59(74)69-32-45(71)25-50(69)58(73)63-36(4)40-10-12-41(13-11-40)56-37(5)62-33-78-56)52-27-54(66-77-52)75-21-18-39-17-20-67(28-35(39)3)29-38-22-46(23-38)76-53-24-42(16-19-61-53)70-43-14-15-44(70)31-68(30-43)49-26-48(64-65-57(49)60)47-8-6-7-9-51(47)72/h6-13,16,19,24,26-27,33-36,38-39,43-46,50,55,71-72H,14-15,17-18,20-23,25,28-32H2,1-5H3,(H2,60,65)(H,63,73)/t35-,36-,38?,39-,43+,44?,45+,46?,50-,55-/m0/s1. The number of para-hydroxylation sites is 1. The number of aromatic hydroxyl groups is 1. The Hall–Kier alpha value is -6.83. The highest BCUT2D eigenvalue weighted by atomic mass is 32.1. The van der Waals surface area contributed by atoms with Gasteiger partial charge < -0.3 is 54.9 Å². The van der Waals surface area contributed by atoms with Crippen molar-refractivity contribution >= 4 is 40.3 Å². The van der Waals surface area contributed by atoms with Crippen LogP contribution in [0.15, 0.2) is 89.0 Å². The van der Waals surface area contributed by atoms with Crippen LogP contribution in [-0.4, -0.2) is 133 Å². The van der Waals surface area contributed by atoms with Crippen molar-refractivity contribution < 1.29 is 33.8 Å². The van der Waals surface area contributed by atoms with E-state index in [0.717, 1.165) is 104 Å². The number of piperazine rings is 1. The predicted octanol–water partition coefficient (Wildman–Crippen LogP) is 8.27. The summed E-state index contributed by atoms with van der Waals surface area (Å²) in [6.07, 6.45) is 7.55. The number of nitrogens with zero attached hydrogens (tertiary/aromatic N) is 9. The highest BCUT2D eigenvalue weighted by Crippen LogP contribution is 2.41. The number of β-amino-alcohol motifs (C(OH)–C–C–N with tert-alkyl or cyclic N) is 1. The summed E-state index contributed by atoms with van der Waals surface area (Å²) >= 11 is 1.60. The van der Waals surface area contributed by atoms with Gasteiger partial charge >= 0.3 is 0 Å². The first-order chi connectivity index (χ1) is 37.7. The zero-order valence-electron chi connectivity index (χ0n) is 45.3. The van der Waals surface area contributed by atoms with Crippen LogP contribution >= 0.6 is 11.3 Å². The van der Waals surface area contributed by atoms with Crippen molar-refractivity contribution in [3.8, 4) is 39.2 Å². The lowest BCUT2D eigenvalue weighted by Gasteiger charge is -2.44. The van der Waals surface area contributed by atoms with E-state index in [1.54, 1.807) is 29.5 Å². The fourth-order valence-corrected chi connectivity index (χ4v) is 13.7. The maximum Gasteiger partial charge on any atom is 0.254 e. The number of piperidine rings is 1. The van der Waals surface area contributed by atoms with E-state index in [2.05, 4.69) is 64.4 Å². The van der Waals surface area contributed by atoms with Crippen LogP contribution in [0.1, 0.15) is 102 Å². The lowest BCUT2D eigenvalue weighted by molar-refractivity contribution is -0.141. The third-order valence-electron chi connectivity index (χ3n) is 17.1. The Morgan fingerprint density at radius 2 is 1.71 bits per heavy atom. The number of nitrogens with one attached hydrogen (secondary N) is 1. The first-order valence-corrected chi connectivity index (χ1v) is 28.8. The van der Waals surface area contributed by atoms with Crippen molar-refractivity contribution in [1.29, 1.82) is 0 Å². The number of hydrogen-bond donors (Lipinski definition) is 4. The van der Waals surface area contributed by atoms with Crippen LogP contribution in [0.25, 0.3) is 21.7 Å². The van der Waals surface area contributed by atoms with Gasteiger partial charge in [0.2, 0.25) is 17.7 Å². The number of aromatic nitrogens is 5. The van der Waals surface area contributed by atoms with Gasteiger partial charge in [0.25, 0.3) is 5.88 Å². The number of amides is 2. The van der Waals surface area contributed by atoms with E-state index >= 15 is 0 Å². The van der Waals surface area contributed by atoms with E-state index in [1.807, 2.05) is 81.9 Å². The summed E-state index contributed by atoms with van der Waals surface area (Å²) in [6.45, 7) is 15.5. The fraction of sp³-hybridized carbons (Fsp3) is 0.508. The van der Waals surface area contributed by atoms with E-state index in [9.17, 15) is 19.8 Å². The molecule has 0 spiro atoms. The number of thiazole rings is 1. The molecule has 8 atom stereocenters. The molecule has 1 aliphatic carbocycles. The molecule has 5 fully saturated rings. The Morgan fingerprint density at radius 3 is 2.44 bits per heavy atom. The number of aliphatic hydroxyl groups excluding tert-OH is 1. The van der Waals surface area contributed by atoms with Gasteiger partial charge in [0.1, 0.15) is 23.8 Å². The number of phenols is 1. The van der Waals surface area contributed by atoms with Crippen LogP contribution in [0.2, 0.25) is 0 Å². The quantitative estimate of drug-likeness (QED) is 0.0636. The average Bonchev–Trinajstić information content (AvgIpc) is 4.31. The highest BCUT2D eigenvalue weighted by Gasteiger charge is 2.45. The molecule has 4 aliphatic heterocycles. The number of ether oxygens (including phenoxy) is 2. The number of carbonyl (C=O) groups excluding carboxylic acids is 2. The lowest BCUT2D eigenvalue weighted by Crippen LogP contribution is -2.54. The molecule has 4 aromatic heterocycles. The SMILES string of the molecule is Cc1ncsc1-c1ccc([C@H](C)NC(=O)[C@@H]2C[C@@H](O)CN2C(=O)[C@H](c2cc(OCC[C@@H]3CCN(CC4CC(Oc5cc(N6C7CC[C@@H]6CN(c6cc(-c8ccccc8O)nnc6N)C7)ccn5)C4)C[C@@H]3C)no2)C(C)C)cc1. The predicted molar refractivity (Wildman–Crippen MR) is 299 cm³/mol. The summed E-state index contributed by atoms with van der Waals surface area (Å²) in [4.78, 5) is 47.2. The van der Waals surface area contributed by atoms with Gasteiger partial charge in [-0.15, -0.1) is 21.5 Å². The molecule has 19 heteroatoms. The molecule has 4 saturated heterocycles. The molecule has 1 saturated carbocycles. The summed E-state index contributed by atoms with van der Waals surface area (Å²) < 4.78 is 18.4. The zero-order valence-corrected chi connectivity index (χ0v) is 46.1. The van der Waals surface area contributed by atoms with Gasteiger partial charge in [-0.3, -0.25) is 9.59 Å². The Morgan fingerprint density at radius 1 is 0.923 bits per heavy atom. The number of aryl methyl sites for hydroxylation is 1. The van der Waals surface area contributed by atoms with Gasteiger partial charge in [-0.25, -0.2) is 9.97 Å². The molecule has 2 amide bonds. The Labute approximate surface area is 460 Å². The van der Waals surface area contributed by atoms with Gasteiger partial charge in [-0.05, 0) is 123 Å². The molecule has 5 N–H and O–H groups in total. The summed E-state index contributed by atoms with van der Waals surface area (Å²) in [5.41, 5.74) is 14.5. The third-order valence-corrected chi connectivity index (χ3v) is 18.1. The Kier molecular flexibility index (Phi) is 15.6. The molecule has 6 aromatic rings. The number of aliphatic hydroxyl groups is 1. The number of anilines is 3. The molecular weight excluding hydrogens is 1010 g/mol. The van der Waals surface area contributed by atoms with Crippen LogP contribution in [0.5, 0.6) is 17.5 Å². The number of carbonyl (C=O) groups is 2. The topological polar surface area (TPSA) is 222 Å². The second kappa shape index (κ2) is 22.9. The summed E-state index contributed by atoms with van der Waals surface area (Å²) in [7, 11) is 0. The molecule has 11 rings (SSSR count). The van der Waals surface area contributed by atoms with Crippen LogP contribution in [0.4, 0.5) is 17.2 Å². The number of nitrogens with two attached hydrogens (primary N) is 1. The van der Waals surface area contributed by atoms with Crippen molar-refractivity contribution in [2.45, 2.75) is 122 Å². The summed E-state index contributed by atoms with van der Waals surface area (Å²) in [5.74, 6) is 2.13. The second-order valence-corrected chi connectivity index (χ2v) is 23.7. The van der Waals surface area contributed by atoms with Gasteiger partial charge in [0, 0.05) is 80.8 Å². The van der Waals surface area contributed by atoms with Crippen molar-refractivity contribution in [2.75, 3.05) is 61.4 Å². The van der Waals surface area contributed by atoms with E-state index in [-0.39, 0.29) is 48.6 Å². The van der Waals surface area contributed by atoms with E-state index in [4.69, 9.17) is 19.7 Å². The monoisotopic (exact) mass is 1080 g/mol. The molecule has 1 unspecified atom stereocenters. The number of rotatable bonds is 18. The van der Waals surface area contributed by atoms with E-state index in [1.165, 1.54) is 4.90 Å². The number of hydrogen-bond acceptors (Lipinski definition) is 17. The van der Waals surface area contributed by atoms with Crippen molar-refractivity contribution in [3.05, 3.63) is 102 Å². The molecule has 2 aromatic carbocycles. The molecule has 412 valence electrons. The average molecular weight is 1080 g/mol. The largest absolute Gasteiger partial charge is 0.507 e. The minimum Gasteiger partial charge on any atom is -0.507 e. The van der Waals surface area contributed by atoms with Crippen LogP contribution in [0, 0.1) is 30.6 Å². The smallest absolute Gasteiger partial charge is 0.254 e. The number of nitrogen functional groups attached to an aromatic ring is 1. The number of phenolic OH excluding ortho intramolecular Hbond substituents is 1. The summed E-state index contributed by atoms with van der Waals surface area (Å²) in [6, 6.07) is 22.6. The van der Waals surface area contributed by atoms with Gasteiger partial charge in [-0.2, -0.15) is 0 Å². The summed E-state index contributed by atoms with van der Waals surface area (Å²) in [5, 5.41) is 37.1. The number of likely N-dealkylation sites (tertiary alicyclic amines) is 2. The molecule has 5 aliphatic rings. The molecule has 0 radical (unpaired) electrons. The Balaban J connectivity index is 0.610. The zero-order chi connectivity index (χ0) is 54.2. The molecular formula is C59H73N11O7S. The van der Waals surface area contributed by atoms with Crippen molar-refractivity contribution in [1.82, 2.24) is 40.4 Å². The van der Waals surface area contributed by atoms with E-state index in [0.29, 0.717) is 71.0 Å². The molecule has 8 heterocycles. The normalized spacial score (nSPS) is 25.0. The van der Waals surface area contributed by atoms with Gasteiger partial charge in [0.15, 0.2) is 11.6 Å². The minimum atomic E-state index is -0.821. The maximum absolute atomic E-state index is 14.3. The maximum atomic E-state index is 14.3. The minimum absolute atomic E-state index is 0.0620. The third kappa shape index (κ3) is 11.4. The van der Waals surface area contributed by atoms with Crippen molar-refractivity contribution in [2.24, 2.45) is 23.7 Å². The Bertz CT molecular complexity index is 3040.